The molecule has 0 fully saturated rings. The van der Waals surface area contributed by atoms with Crippen LogP contribution < -0.4 is 10.1 Å². The van der Waals surface area contributed by atoms with Crippen LogP contribution in [-0.2, 0) is 16.0 Å². The Morgan fingerprint density at radius 2 is 2.14 bits per heavy atom. The van der Waals surface area contributed by atoms with Gasteiger partial charge in [0.25, 0.3) is 0 Å². The van der Waals surface area contributed by atoms with Crippen LogP contribution in [0.4, 0.5) is 0 Å². The molecule has 6 heteroatoms. The molecule has 1 heterocycles. The summed E-state index contributed by atoms with van der Waals surface area (Å²) in [6.45, 7) is 0. The number of carboxylic acids is 1. The van der Waals surface area contributed by atoms with Gasteiger partial charge < -0.3 is 15.2 Å². The second-order valence-corrected chi connectivity index (χ2v) is 5.74. The molecule has 1 aromatic carbocycles. The van der Waals surface area contributed by atoms with E-state index in [1.54, 1.807) is 19.2 Å². The average molecular weight is 319 g/mol. The lowest BCUT2D eigenvalue weighted by atomic mass is 10.1. The number of ether oxygens (including phenoxy) is 1. The summed E-state index contributed by atoms with van der Waals surface area (Å²) >= 11 is 1.43. The summed E-state index contributed by atoms with van der Waals surface area (Å²) in [4.78, 5) is 24.0. The van der Waals surface area contributed by atoms with Crippen molar-refractivity contribution in [3.63, 3.8) is 0 Å². The van der Waals surface area contributed by atoms with Crippen LogP contribution in [0.2, 0.25) is 0 Å². The first-order chi connectivity index (χ1) is 10.6. The maximum absolute atomic E-state index is 12.2. The fourth-order valence-electron chi connectivity index (χ4n) is 2.10. The molecule has 0 saturated carbocycles. The Morgan fingerprint density at radius 3 is 2.77 bits per heavy atom. The van der Waals surface area contributed by atoms with Crippen LogP contribution in [0.15, 0.2) is 41.8 Å². The SMILES string of the molecule is COc1cccc(CC(=O)NC(CC(=O)O)c2cccs2)c1. The van der Waals surface area contributed by atoms with E-state index in [0.29, 0.717) is 5.75 Å². The molecular weight excluding hydrogens is 302 g/mol. The Hall–Kier alpha value is -2.34. The van der Waals surface area contributed by atoms with Gasteiger partial charge in [-0.1, -0.05) is 18.2 Å². The fraction of sp³-hybridized carbons (Fsp3) is 0.250. The third-order valence-electron chi connectivity index (χ3n) is 3.10. The molecule has 5 nitrogen and oxygen atoms in total. The maximum atomic E-state index is 12.2. The highest BCUT2D eigenvalue weighted by molar-refractivity contribution is 7.10. The van der Waals surface area contributed by atoms with Crippen molar-refractivity contribution in [2.45, 2.75) is 18.9 Å². The number of benzene rings is 1. The lowest BCUT2D eigenvalue weighted by Gasteiger charge is -2.15. The van der Waals surface area contributed by atoms with Gasteiger partial charge in [0.15, 0.2) is 0 Å². The monoisotopic (exact) mass is 319 g/mol. The highest BCUT2D eigenvalue weighted by atomic mass is 32.1. The first-order valence-electron chi connectivity index (χ1n) is 6.76. The van der Waals surface area contributed by atoms with Crippen molar-refractivity contribution in [3.8, 4) is 5.75 Å². The molecule has 0 spiro atoms. The smallest absolute Gasteiger partial charge is 0.305 e. The average Bonchev–Trinajstić information content (AvgIpc) is 3.00. The zero-order valence-electron chi connectivity index (χ0n) is 12.1. The normalized spacial score (nSPS) is 11.7. The number of carboxylic acid groups (broad SMARTS) is 1. The zero-order valence-corrected chi connectivity index (χ0v) is 12.9. The molecule has 1 atom stereocenters. The zero-order chi connectivity index (χ0) is 15.9. The van der Waals surface area contributed by atoms with Gasteiger partial charge in [-0.15, -0.1) is 11.3 Å². The Morgan fingerprint density at radius 1 is 1.32 bits per heavy atom. The van der Waals surface area contributed by atoms with Crippen LogP contribution in [-0.4, -0.2) is 24.1 Å². The van der Waals surface area contributed by atoms with Gasteiger partial charge in [-0.25, -0.2) is 0 Å². The van der Waals surface area contributed by atoms with Gasteiger partial charge in [-0.2, -0.15) is 0 Å². The predicted octanol–water partition coefficient (Wildman–Crippen LogP) is 2.63. The van der Waals surface area contributed by atoms with Crippen molar-refractivity contribution in [1.82, 2.24) is 5.32 Å². The third kappa shape index (κ3) is 4.60. The molecular formula is C16H17NO4S. The Labute approximate surface area is 132 Å². The molecule has 2 aromatic rings. The second-order valence-electron chi connectivity index (χ2n) is 4.76. The number of aliphatic carboxylic acids is 1. The molecule has 0 aliphatic heterocycles. The summed E-state index contributed by atoms with van der Waals surface area (Å²) in [5, 5.41) is 13.6. The van der Waals surface area contributed by atoms with Gasteiger partial charge >= 0.3 is 5.97 Å². The van der Waals surface area contributed by atoms with Crippen molar-refractivity contribution >= 4 is 23.2 Å². The molecule has 0 aliphatic carbocycles. The number of thiophene rings is 1. The van der Waals surface area contributed by atoms with E-state index in [-0.39, 0.29) is 18.7 Å². The summed E-state index contributed by atoms with van der Waals surface area (Å²) in [5.41, 5.74) is 0.817. The predicted molar refractivity (Wildman–Crippen MR) is 84.2 cm³/mol. The molecule has 1 unspecified atom stereocenters. The van der Waals surface area contributed by atoms with Crippen LogP contribution in [0.25, 0.3) is 0 Å². The minimum Gasteiger partial charge on any atom is -0.497 e. The highest BCUT2D eigenvalue weighted by Gasteiger charge is 2.19. The Kier molecular flexibility index (Phi) is 5.55. The highest BCUT2D eigenvalue weighted by Crippen LogP contribution is 2.22. The lowest BCUT2D eigenvalue weighted by molar-refractivity contribution is -0.137. The molecule has 2 rings (SSSR count). The van der Waals surface area contributed by atoms with E-state index < -0.39 is 12.0 Å². The lowest BCUT2D eigenvalue weighted by Crippen LogP contribution is -2.30. The summed E-state index contributed by atoms with van der Waals surface area (Å²) < 4.78 is 5.12. The molecule has 1 aromatic heterocycles. The third-order valence-corrected chi connectivity index (χ3v) is 4.09. The molecule has 22 heavy (non-hydrogen) atoms. The van der Waals surface area contributed by atoms with E-state index in [2.05, 4.69) is 5.32 Å². The molecule has 0 aliphatic rings. The number of methoxy groups -OCH3 is 1. The minimum atomic E-state index is -0.944. The minimum absolute atomic E-state index is 0.135. The van der Waals surface area contributed by atoms with E-state index in [1.807, 2.05) is 29.6 Å². The number of nitrogens with one attached hydrogen (secondary N) is 1. The van der Waals surface area contributed by atoms with Crippen LogP contribution in [0.1, 0.15) is 22.9 Å². The van der Waals surface area contributed by atoms with Gasteiger partial charge in [0.05, 0.1) is 26.0 Å². The van der Waals surface area contributed by atoms with Crippen molar-refractivity contribution < 1.29 is 19.4 Å². The molecule has 0 bridgehead atoms. The van der Waals surface area contributed by atoms with Crippen molar-refractivity contribution in [2.24, 2.45) is 0 Å². The number of carbonyl (C=O) groups is 2. The fourth-order valence-corrected chi connectivity index (χ4v) is 2.88. The van der Waals surface area contributed by atoms with Gasteiger partial charge in [-0.3, -0.25) is 9.59 Å². The van der Waals surface area contributed by atoms with Gasteiger partial charge in [0.2, 0.25) is 5.91 Å². The summed E-state index contributed by atoms with van der Waals surface area (Å²) in [6, 6.07) is 10.4. The molecule has 0 saturated heterocycles. The summed E-state index contributed by atoms with van der Waals surface area (Å²) in [5.74, 6) is -0.473. The molecule has 2 N–H and O–H groups in total. The van der Waals surface area contributed by atoms with Crippen molar-refractivity contribution in [2.75, 3.05) is 7.11 Å². The number of amides is 1. The summed E-state index contributed by atoms with van der Waals surface area (Å²) in [7, 11) is 1.57. The van der Waals surface area contributed by atoms with Gasteiger partial charge in [0.1, 0.15) is 5.75 Å². The van der Waals surface area contributed by atoms with E-state index >= 15 is 0 Å². The standard InChI is InChI=1S/C16H17NO4S/c1-21-12-5-2-4-11(8-12)9-15(18)17-13(10-16(19)20)14-6-3-7-22-14/h2-8,13H,9-10H2,1H3,(H,17,18)(H,19,20). The number of hydrogen-bond donors (Lipinski definition) is 2. The van der Waals surface area contributed by atoms with E-state index in [9.17, 15) is 9.59 Å². The first-order valence-corrected chi connectivity index (χ1v) is 7.64. The maximum Gasteiger partial charge on any atom is 0.305 e. The number of carbonyl (C=O) groups excluding carboxylic acids is 1. The quantitative estimate of drug-likeness (QED) is 0.822. The topological polar surface area (TPSA) is 75.6 Å². The second kappa shape index (κ2) is 7.61. The summed E-state index contributed by atoms with van der Waals surface area (Å²) in [6.07, 6.45) is 0.0447. The van der Waals surface area contributed by atoms with E-state index in [1.165, 1.54) is 11.3 Å². The largest absolute Gasteiger partial charge is 0.497 e. The molecule has 1 amide bonds. The van der Waals surface area contributed by atoms with Gasteiger partial charge in [-0.05, 0) is 29.1 Å². The first kappa shape index (κ1) is 16.0. The van der Waals surface area contributed by atoms with Crippen molar-refractivity contribution in [1.29, 1.82) is 0 Å². The Bertz CT molecular complexity index is 639. The molecule has 116 valence electrons. The molecule has 0 radical (unpaired) electrons. The van der Waals surface area contributed by atoms with E-state index in [4.69, 9.17) is 9.84 Å². The van der Waals surface area contributed by atoms with Crippen LogP contribution in [0.5, 0.6) is 5.75 Å². The van der Waals surface area contributed by atoms with Crippen molar-refractivity contribution in [3.05, 3.63) is 52.2 Å². The van der Waals surface area contributed by atoms with Crippen LogP contribution in [0.3, 0.4) is 0 Å². The van der Waals surface area contributed by atoms with Crippen LogP contribution >= 0.6 is 11.3 Å². The number of rotatable bonds is 7. The van der Waals surface area contributed by atoms with Crippen LogP contribution in [0, 0.1) is 0 Å². The Balaban J connectivity index is 2.03. The van der Waals surface area contributed by atoms with Gasteiger partial charge in [0, 0.05) is 4.88 Å². The number of hydrogen-bond acceptors (Lipinski definition) is 4. The van der Waals surface area contributed by atoms with E-state index in [0.717, 1.165) is 10.4 Å².